The Kier molecular flexibility index (Phi) is 10.6. The predicted molar refractivity (Wildman–Crippen MR) is 93.5 cm³/mol. The zero-order chi connectivity index (χ0) is 15.3. The van der Waals surface area contributed by atoms with E-state index in [9.17, 15) is 0 Å². The molecule has 1 aromatic rings. The summed E-state index contributed by atoms with van der Waals surface area (Å²) in [6.07, 6.45) is 13.0. The second kappa shape index (κ2) is 12.0. The molecule has 1 atom stereocenters. The topological polar surface area (TPSA) is 38.0 Å². The van der Waals surface area contributed by atoms with Gasteiger partial charge in [0.1, 0.15) is 0 Å². The maximum atomic E-state index is 5.91. The first-order valence-corrected chi connectivity index (χ1v) is 8.84. The van der Waals surface area contributed by atoms with Crippen LogP contribution in [0, 0.1) is 0 Å². The van der Waals surface area contributed by atoms with Crippen LogP contribution in [0.1, 0.15) is 70.3 Å². The number of nitrogens with two attached hydrogens (primary N) is 1. The van der Waals surface area contributed by atoms with Gasteiger partial charge in [-0.25, -0.2) is 0 Å². The zero-order valence-electron chi connectivity index (χ0n) is 13.4. The van der Waals surface area contributed by atoms with Crippen molar-refractivity contribution in [2.24, 2.45) is 5.84 Å². The van der Waals surface area contributed by atoms with Crippen LogP contribution in [0.3, 0.4) is 0 Å². The summed E-state index contributed by atoms with van der Waals surface area (Å²) in [5.74, 6) is 5.67. The van der Waals surface area contributed by atoms with Gasteiger partial charge in [-0.2, -0.15) is 0 Å². The molecular formula is C18H31ClN2. The lowest BCUT2D eigenvalue weighted by Crippen LogP contribution is -2.36. The summed E-state index contributed by atoms with van der Waals surface area (Å²) in [5.41, 5.74) is 4.24. The van der Waals surface area contributed by atoms with Gasteiger partial charge < -0.3 is 0 Å². The molecule has 0 aliphatic rings. The monoisotopic (exact) mass is 310 g/mol. The lowest BCUT2D eigenvalue weighted by molar-refractivity contribution is 0.458. The van der Waals surface area contributed by atoms with E-state index in [1.165, 1.54) is 56.9 Å². The van der Waals surface area contributed by atoms with E-state index in [2.05, 4.69) is 24.5 Å². The molecule has 0 bridgehead atoms. The molecule has 0 aromatic heterocycles. The standard InChI is InChI=1S/C18H31ClN2/c1-2-3-4-5-6-7-8-9-10-18(21-20)15-16-11-13-17(19)14-12-16/h11-14,18,21H,2-10,15,20H2,1H3. The number of hydrazine groups is 1. The molecule has 0 aliphatic carbocycles. The smallest absolute Gasteiger partial charge is 0.0406 e. The van der Waals surface area contributed by atoms with Gasteiger partial charge in [0.05, 0.1) is 0 Å². The van der Waals surface area contributed by atoms with Crippen LogP contribution in [0.4, 0.5) is 0 Å². The summed E-state index contributed by atoms with van der Waals surface area (Å²) in [4.78, 5) is 0. The van der Waals surface area contributed by atoms with E-state index in [-0.39, 0.29) is 0 Å². The Morgan fingerprint density at radius 1 is 0.952 bits per heavy atom. The van der Waals surface area contributed by atoms with Crippen molar-refractivity contribution in [3.05, 3.63) is 34.9 Å². The maximum Gasteiger partial charge on any atom is 0.0406 e. The van der Waals surface area contributed by atoms with Crippen LogP contribution in [0.25, 0.3) is 0 Å². The molecular weight excluding hydrogens is 280 g/mol. The number of nitrogens with one attached hydrogen (secondary N) is 1. The Balaban J connectivity index is 2.09. The maximum absolute atomic E-state index is 5.91. The minimum absolute atomic E-state index is 0.367. The van der Waals surface area contributed by atoms with Gasteiger partial charge in [-0.1, -0.05) is 82.0 Å². The van der Waals surface area contributed by atoms with Gasteiger partial charge >= 0.3 is 0 Å². The average Bonchev–Trinajstić information content (AvgIpc) is 2.50. The Hall–Kier alpha value is -0.570. The van der Waals surface area contributed by atoms with Crippen molar-refractivity contribution in [2.75, 3.05) is 0 Å². The molecule has 3 N–H and O–H groups in total. The van der Waals surface area contributed by atoms with E-state index in [0.717, 1.165) is 17.9 Å². The van der Waals surface area contributed by atoms with E-state index in [0.29, 0.717) is 6.04 Å². The molecule has 3 heteroatoms. The Bertz CT molecular complexity index is 351. The van der Waals surface area contributed by atoms with Gasteiger partial charge in [0.15, 0.2) is 0 Å². The molecule has 21 heavy (non-hydrogen) atoms. The van der Waals surface area contributed by atoms with Crippen LogP contribution in [-0.4, -0.2) is 6.04 Å². The van der Waals surface area contributed by atoms with Crippen LogP contribution in [-0.2, 0) is 6.42 Å². The van der Waals surface area contributed by atoms with Gasteiger partial charge in [-0.05, 0) is 30.5 Å². The normalized spacial score (nSPS) is 12.5. The van der Waals surface area contributed by atoms with E-state index in [4.69, 9.17) is 17.4 Å². The fourth-order valence-corrected chi connectivity index (χ4v) is 2.80. The van der Waals surface area contributed by atoms with Crippen LogP contribution in [0.5, 0.6) is 0 Å². The summed E-state index contributed by atoms with van der Waals surface area (Å²) in [7, 11) is 0. The average molecular weight is 311 g/mol. The van der Waals surface area contributed by atoms with Crippen molar-refractivity contribution in [2.45, 2.75) is 77.2 Å². The van der Waals surface area contributed by atoms with Crippen molar-refractivity contribution in [1.82, 2.24) is 5.43 Å². The van der Waals surface area contributed by atoms with E-state index < -0.39 is 0 Å². The fraction of sp³-hybridized carbons (Fsp3) is 0.667. The van der Waals surface area contributed by atoms with Crippen LogP contribution in [0.2, 0.25) is 5.02 Å². The highest BCUT2D eigenvalue weighted by Gasteiger charge is 2.07. The van der Waals surface area contributed by atoms with E-state index in [1.54, 1.807) is 0 Å². The fourth-order valence-electron chi connectivity index (χ4n) is 2.67. The highest BCUT2D eigenvalue weighted by atomic mass is 35.5. The third-order valence-electron chi connectivity index (χ3n) is 4.04. The summed E-state index contributed by atoms with van der Waals surface area (Å²) >= 11 is 5.91. The highest BCUT2D eigenvalue weighted by Crippen LogP contribution is 2.14. The van der Waals surface area contributed by atoms with Crippen molar-refractivity contribution in [3.63, 3.8) is 0 Å². The SMILES string of the molecule is CCCCCCCCCCC(Cc1ccc(Cl)cc1)NN. The highest BCUT2D eigenvalue weighted by molar-refractivity contribution is 6.30. The summed E-state index contributed by atoms with van der Waals surface area (Å²) < 4.78 is 0. The Labute approximate surface area is 135 Å². The van der Waals surface area contributed by atoms with E-state index >= 15 is 0 Å². The van der Waals surface area contributed by atoms with Crippen LogP contribution < -0.4 is 11.3 Å². The van der Waals surface area contributed by atoms with Crippen molar-refractivity contribution >= 4 is 11.6 Å². The lowest BCUT2D eigenvalue weighted by atomic mass is 10.00. The van der Waals surface area contributed by atoms with Gasteiger partial charge in [-0.3, -0.25) is 11.3 Å². The first kappa shape index (κ1) is 18.5. The third kappa shape index (κ3) is 9.13. The minimum atomic E-state index is 0.367. The molecule has 0 spiro atoms. The van der Waals surface area contributed by atoms with Crippen molar-refractivity contribution < 1.29 is 0 Å². The van der Waals surface area contributed by atoms with Gasteiger partial charge in [0, 0.05) is 11.1 Å². The number of hydrogen-bond donors (Lipinski definition) is 2. The Morgan fingerprint density at radius 2 is 1.52 bits per heavy atom. The molecule has 1 rings (SSSR count). The molecule has 1 unspecified atom stereocenters. The van der Waals surface area contributed by atoms with Crippen molar-refractivity contribution in [1.29, 1.82) is 0 Å². The number of hydrogen-bond acceptors (Lipinski definition) is 2. The number of unbranched alkanes of at least 4 members (excludes halogenated alkanes) is 7. The zero-order valence-corrected chi connectivity index (χ0v) is 14.2. The van der Waals surface area contributed by atoms with Gasteiger partial charge in [0.2, 0.25) is 0 Å². The van der Waals surface area contributed by atoms with Gasteiger partial charge in [0.25, 0.3) is 0 Å². The number of benzene rings is 1. The molecule has 1 aromatic carbocycles. The van der Waals surface area contributed by atoms with Gasteiger partial charge in [-0.15, -0.1) is 0 Å². The second-order valence-corrected chi connectivity index (χ2v) is 6.39. The number of rotatable bonds is 12. The first-order valence-electron chi connectivity index (χ1n) is 8.46. The first-order chi connectivity index (χ1) is 10.3. The molecule has 120 valence electrons. The van der Waals surface area contributed by atoms with Crippen molar-refractivity contribution in [3.8, 4) is 0 Å². The Morgan fingerprint density at radius 3 is 2.10 bits per heavy atom. The molecule has 2 nitrogen and oxygen atoms in total. The second-order valence-electron chi connectivity index (χ2n) is 5.96. The minimum Gasteiger partial charge on any atom is -0.271 e. The molecule has 0 radical (unpaired) electrons. The number of halogens is 1. The predicted octanol–water partition coefficient (Wildman–Crippen LogP) is 5.25. The summed E-state index contributed by atoms with van der Waals surface area (Å²) in [5, 5.41) is 0.791. The van der Waals surface area contributed by atoms with E-state index in [1.807, 2.05) is 12.1 Å². The molecule has 0 fully saturated rings. The molecule has 0 saturated carbocycles. The third-order valence-corrected chi connectivity index (χ3v) is 4.29. The van der Waals surface area contributed by atoms with Crippen LogP contribution in [0.15, 0.2) is 24.3 Å². The quantitative estimate of drug-likeness (QED) is 0.314. The molecule has 0 heterocycles. The summed E-state index contributed by atoms with van der Waals surface area (Å²) in [6, 6.07) is 8.42. The molecule has 0 amide bonds. The van der Waals surface area contributed by atoms with Crippen LogP contribution >= 0.6 is 11.6 Å². The molecule has 0 saturated heterocycles. The summed E-state index contributed by atoms with van der Waals surface area (Å²) in [6.45, 7) is 2.26. The lowest BCUT2D eigenvalue weighted by Gasteiger charge is -2.16. The molecule has 0 aliphatic heterocycles. The largest absolute Gasteiger partial charge is 0.271 e.